The maximum absolute atomic E-state index is 12.2. The number of para-hydroxylation sites is 1. The Balaban J connectivity index is 2.59. The number of halogens is 6. The number of alkyl halides is 6. The minimum atomic E-state index is -4.93. The third kappa shape index (κ3) is 7.19. The lowest BCUT2D eigenvalue weighted by molar-refractivity contribution is -0.275. The summed E-state index contributed by atoms with van der Waals surface area (Å²) in [5.74, 6) is -0.603. The molecule has 0 saturated heterocycles. The highest BCUT2D eigenvalue weighted by Gasteiger charge is 2.33. The Morgan fingerprint density at radius 1 is 1.05 bits per heavy atom. The van der Waals surface area contributed by atoms with Gasteiger partial charge in [-0.1, -0.05) is 18.2 Å². The van der Waals surface area contributed by atoms with Gasteiger partial charge in [0.15, 0.2) is 0 Å². The van der Waals surface area contributed by atoms with Crippen LogP contribution in [-0.2, 0) is 4.74 Å². The largest absolute Gasteiger partial charge is 0.573 e. The molecular weight excluding hydrogens is 306 g/mol. The Hall–Kier alpha value is -1.48. The Labute approximate surface area is 116 Å². The first-order chi connectivity index (χ1) is 9.58. The number of aliphatic hydroxyl groups excluding tert-OH is 1. The molecule has 1 aromatic carbocycles. The zero-order chi connectivity index (χ0) is 16.1. The van der Waals surface area contributed by atoms with Crippen molar-refractivity contribution >= 4 is 0 Å². The first-order valence-electron chi connectivity index (χ1n) is 5.76. The number of benzene rings is 1. The summed E-state index contributed by atoms with van der Waals surface area (Å²) in [4.78, 5) is 0. The van der Waals surface area contributed by atoms with E-state index >= 15 is 0 Å². The Morgan fingerprint density at radius 3 is 2.24 bits per heavy atom. The van der Waals surface area contributed by atoms with Crippen molar-refractivity contribution in [1.29, 1.82) is 0 Å². The molecule has 0 bridgehead atoms. The lowest BCUT2D eigenvalue weighted by atomic mass is 10.1. The summed E-state index contributed by atoms with van der Waals surface area (Å²) in [6, 6.07) is 4.84. The van der Waals surface area contributed by atoms with Gasteiger partial charge in [0.1, 0.15) is 12.4 Å². The molecule has 0 heterocycles. The van der Waals surface area contributed by atoms with E-state index in [0.29, 0.717) is 0 Å². The van der Waals surface area contributed by atoms with Gasteiger partial charge in [-0.2, -0.15) is 13.2 Å². The van der Waals surface area contributed by atoms with Crippen molar-refractivity contribution in [2.24, 2.45) is 0 Å². The molecule has 0 amide bonds. The molecule has 1 atom stereocenters. The molecule has 0 radical (unpaired) electrons. The van der Waals surface area contributed by atoms with Gasteiger partial charge < -0.3 is 14.6 Å². The second-order valence-electron chi connectivity index (χ2n) is 4.06. The zero-order valence-electron chi connectivity index (χ0n) is 10.5. The molecule has 9 heteroatoms. The molecule has 3 nitrogen and oxygen atoms in total. The predicted molar refractivity (Wildman–Crippen MR) is 59.6 cm³/mol. The monoisotopic (exact) mass is 318 g/mol. The van der Waals surface area contributed by atoms with Gasteiger partial charge in [-0.15, -0.1) is 13.2 Å². The SMILES string of the molecule is OC(CCOCC(F)(F)F)c1ccccc1OC(F)(F)F. The average molecular weight is 318 g/mol. The van der Waals surface area contributed by atoms with Crippen LogP contribution in [0.1, 0.15) is 18.1 Å². The maximum atomic E-state index is 12.2. The molecule has 1 aromatic rings. The van der Waals surface area contributed by atoms with Crippen molar-refractivity contribution in [1.82, 2.24) is 0 Å². The maximum Gasteiger partial charge on any atom is 0.573 e. The molecule has 0 aliphatic heterocycles. The molecular formula is C12H12F6O3. The summed E-state index contributed by atoms with van der Waals surface area (Å²) in [6.45, 7) is -1.94. The molecule has 120 valence electrons. The van der Waals surface area contributed by atoms with Gasteiger partial charge in [0.25, 0.3) is 0 Å². The highest BCUT2D eigenvalue weighted by Crippen LogP contribution is 2.31. The fourth-order valence-corrected chi connectivity index (χ4v) is 1.51. The van der Waals surface area contributed by atoms with Crippen LogP contribution in [0.5, 0.6) is 5.75 Å². The first-order valence-corrected chi connectivity index (χ1v) is 5.76. The van der Waals surface area contributed by atoms with Crippen LogP contribution in [0.2, 0.25) is 0 Å². The van der Waals surface area contributed by atoms with E-state index in [4.69, 9.17) is 0 Å². The summed E-state index contributed by atoms with van der Waals surface area (Å²) >= 11 is 0. The van der Waals surface area contributed by atoms with E-state index in [2.05, 4.69) is 9.47 Å². The van der Waals surface area contributed by atoms with E-state index in [1.165, 1.54) is 18.2 Å². The molecule has 1 unspecified atom stereocenters. The summed E-state index contributed by atoms with van der Waals surface area (Å²) < 4.78 is 80.0. The topological polar surface area (TPSA) is 38.7 Å². The number of rotatable bonds is 6. The van der Waals surface area contributed by atoms with Gasteiger partial charge in [0.2, 0.25) is 0 Å². The van der Waals surface area contributed by atoms with Crippen molar-refractivity contribution in [3.8, 4) is 5.75 Å². The van der Waals surface area contributed by atoms with Crippen LogP contribution in [0.3, 0.4) is 0 Å². The van der Waals surface area contributed by atoms with E-state index in [1.54, 1.807) is 0 Å². The van der Waals surface area contributed by atoms with Gasteiger partial charge in [0, 0.05) is 18.6 Å². The number of hydrogen-bond acceptors (Lipinski definition) is 3. The van der Waals surface area contributed by atoms with Crippen molar-refractivity contribution in [3.05, 3.63) is 29.8 Å². The van der Waals surface area contributed by atoms with E-state index in [0.717, 1.165) is 6.07 Å². The average Bonchev–Trinajstić information content (AvgIpc) is 2.32. The smallest absolute Gasteiger partial charge is 0.405 e. The number of ether oxygens (including phenoxy) is 2. The van der Waals surface area contributed by atoms with Gasteiger partial charge >= 0.3 is 12.5 Å². The highest BCUT2D eigenvalue weighted by molar-refractivity contribution is 5.35. The molecule has 0 saturated carbocycles. The molecule has 0 spiro atoms. The zero-order valence-corrected chi connectivity index (χ0v) is 10.5. The fraction of sp³-hybridized carbons (Fsp3) is 0.500. The Morgan fingerprint density at radius 2 is 1.67 bits per heavy atom. The Kier molecular flexibility index (Phi) is 5.85. The molecule has 0 aromatic heterocycles. The summed E-state index contributed by atoms with van der Waals surface area (Å²) in [5, 5.41) is 9.72. The summed E-state index contributed by atoms with van der Waals surface area (Å²) in [5.41, 5.74) is -0.176. The van der Waals surface area contributed by atoms with E-state index < -0.39 is 37.6 Å². The highest BCUT2D eigenvalue weighted by atomic mass is 19.4. The normalized spacial score (nSPS) is 14.0. The fourth-order valence-electron chi connectivity index (χ4n) is 1.51. The second-order valence-corrected chi connectivity index (χ2v) is 4.06. The van der Waals surface area contributed by atoms with Crippen LogP contribution in [0.25, 0.3) is 0 Å². The molecule has 0 fully saturated rings. The van der Waals surface area contributed by atoms with Crippen LogP contribution in [0, 0.1) is 0 Å². The minimum absolute atomic E-state index is 0.176. The van der Waals surface area contributed by atoms with Crippen LogP contribution >= 0.6 is 0 Å². The summed E-state index contributed by atoms with van der Waals surface area (Å²) in [7, 11) is 0. The molecule has 0 aliphatic carbocycles. The number of hydrogen-bond donors (Lipinski definition) is 1. The quantitative estimate of drug-likeness (QED) is 0.643. The van der Waals surface area contributed by atoms with Crippen LogP contribution < -0.4 is 4.74 Å². The van der Waals surface area contributed by atoms with Crippen molar-refractivity contribution in [3.63, 3.8) is 0 Å². The van der Waals surface area contributed by atoms with E-state index in [1.807, 2.05) is 0 Å². The van der Waals surface area contributed by atoms with Crippen LogP contribution in [0.4, 0.5) is 26.3 Å². The van der Waals surface area contributed by atoms with Crippen molar-refractivity contribution < 1.29 is 40.9 Å². The molecule has 1 rings (SSSR count). The van der Waals surface area contributed by atoms with E-state index in [9.17, 15) is 31.4 Å². The van der Waals surface area contributed by atoms with Gasteiger partial charge in [-0.05, 0) is 6.07 Å². The summed E-state index contributed by atoms with van der Waals surface area (Å²) in [6.07, 6.45) is -11.2. The lowest BCUT2D eigenvalue weighted by Gasteiger charge is -2.17. The third-order valence-electron chi connectivity index (χ3n) is 2.31. The van der Waals surface area contributed by atoms with E-state index in [-0.39, 0.29) is 12.0 Å². The molecule has 0 aliphatic rings. The lowest BCUT2D eigenvalue weighted by Crippen LogP contribution is -2.20. The van der Waals surface area contributed by atoms with Crippen molar-refractivity contribution in [2.75, 3.05) is 13.2 Å². The van der Waals surface area contributed by atoms with Gasteiger partial charge in [0.05, 0.1) is 6.10 Å². The van der Waals surface area contributed by atoms with Gasteiger partial charge in [-0.25, -0.2) is 0 Å². The second kappa shape index (κ2) is 6.99. The predicted octanol–water partition coefficient (Wildman–Crippen LogP) is 3.59. The third-order valence-corrected chi connectivity index (χ3v) is 2.31. The minimum Gasteiger partial charge on any atom is -0.405 e. The van der Waals surface area contributed by atoms with Crippen LogP contribution in [-0.4, -0.2) is 30.9 Å². The van der Waals surface area contributed by atoms with Crippen molar-refractivity contribution in [2.45, 2.75) is 25.1 Å². The first kappa shape index (κ1) is 17.6. The standard InChI is InChI=1S/C12H12F6O3/c13-11(14,15)7-20-6-5-9(19)8-3-1-2-4-10(8)21-12(16,17)18/h1-4,9,19H,5-7H2. The van der Waals surface area contributed by atoms with Crippen LogP contribution in [0.15, 0.2) is 24.3 Å². The number of aliphatic hydroxyl groups is 1. The molecule has 21 heavy (non-hydrogen) atoms. The Bertz CT molecular complexity index is 443. The van der Waals surface area contributed by atoms with Gasteiger partial charge in [-0.3, -0.25) is 0 Å². The molecule has 1 N–H and O–H groups in total.